The minimum Gasteiger partial charge on any atom is -0.342 e. The van der Waals surface area contributed by atoms with Gasteiger partial charge in [0.05, 0.1) is 6.04 Å². The molecule has 2 heterocycles. The summed E-state index contributed by atoms with van der Waals surface area (Å²) in [5.74, 6) is 6.66. The van der Waals surface area contributed by atoms with Crippen LogP contribution in [0.5, 0.6) is 0 Å². The highest BCUT2D eigenvalue weighted by atomic mass is 15.4. The van der Waals surface area contributed by atoms with E-state index in [9.17, 15) is 0 Å². The lowest BCUT2D eigenvalue weighted by atomic mass is 10.00. The molecule has 3 N–H and O–H groups in total. The first-order valence-electron chi connectivity index (χ1n) is 8.90. The summed E-state index contributed by atoms with van der Waals surface area (Å²) in [7, 11) is 0. The molecule has 0 radical (unpaired) electrons. The van der Waals surface area contributed by atoms with Gasteiger partial charge in [-0.2, -0.15) is 0 Å². The fourth-order valence-electron chi connectivity index (χ4n) is 4.14. The predicted molar refractivity (Wildman–Crippen MR) is 87.0 cm³/mol. The van der Waals surface area contributed by atoms with E-state index in [1.807, 2.05) is 0 Å². The lowest BCUT2D eigenvalue weighted by Gasteiger charge is -2.41. The number of nitrogens with one attached hydrogen (secondary N) is 1. The van der Waals surface area contributed by atoms with Crippen LogP contribution in [0.15, 0.2) is 4.99 Å². The van der Waals surface area contributed by atoms with Gasteiger partial charge in [0.1, 0.15) is 0 Å². The van der Waals surface area contributed by atoms with Crippen LogP contribution in [0.1, 0.15) is 57.8 Å². The highest BCUT2D eigenvalue weighted by Crippen LogP contribution is 2.23. The normalized spacial score (nSPS) is 27.3. The SMILES string of the molecule is NNC(=NC1CCCC1)N1CCC(N2CCCCC2)CC1. The van der Waals surface area contributed by atoms with Crippen LogP contribution in [-0.2, 0) is 0 Å². The molecular formula is C16H31N5. The first-order chi connectivity index (χ1) is 10.4. The lowest BCUT2D eigenvalue weighted by molar-refractivity contribution is 0.114. The number of hydrogen-bond donors (Lipinski definition) is 2. The van der Waals surface area contributed by atoms with Gasteiger partial charge in [-0.15, -0.1) is 0 Å². The van der Waals surface area contributed by atoms with Crippen molar-refractivity contribution in [2.24, 2.45) is 10.8 Å². The van der Waals surface area contributed by atoms with Gasteiger partial charge in [0.25, 0.3) is 0 Å². The molecule has 2 aliphatic heterocycles. The van der Waals surface area contributed by atoms with Gasteiger partial charge in [-0.1, -0.05) is 19.3 Å². The second-order valence-corrected chi connectivity index (χ2v) is 6.85. The van der Waals surface area contributed by atoms with E-state index < -0.39 is 0 Å². The van der Waals surface area contributed by atoms with Crippen LogP contribution in [0.2, 0.25) is 0 Å². The van der Waals surface area contributed by atoms with Crippen LogP contribution in [0.25, 0.3) is 0 Å². The van der Waals surface area contributed by atoms with Gasteiger partial charge < -0.3 is 9.80 Å². The number of aliphatic imine (C=N–C) groups is 1. The van der Waals surface area contributed by atoms with Crippen LogP contribution in [0.3, 0.4) is 0 Å². The average Bonchev–Trinajstić information content (AvgIpc) is 3.07. The first kappa shape index (κ1) is 15.1. The van der Waals surface area contributed by atoms with Gasteiger partial charge in [-0.05, 0) is 51.6 Å². The van der Waals surface area contributed by atoms with Crippen LogP contribution in [0, 0.1) is 0 Å². The van der Waals surface area contributed by atoms with Crippen molar-refractivity contribution in [3.63, 3.8) is 0 Å². The number of hydrogen-bond acceptors (Lipinski definition) is 3. The predicted octanol–water partition coefficient (Wildman–Crippen LogP) is 1.70. The number of guanidine groups is 1. The number of piperidine rings is 2. The number of hydrazine groups is 1. The van der Waals surface area contributed by atoms with E-state index in [0.29, 0.717) is 6.04 Å². The highest BCUT2D eigenvalue weighted by Gasteiger charge is 2.27. The van der Waals surface area contributed by atoms with Crippen molar-refractivity contribution in [2.45, 2.75) is 69.9 Å². The number of rotatable bonds is 2. The maximum Gasteiger partial charge on any atom is 0.208 e. The molecule has 1 saturated carbocycles. The Hall–Kier alpha value is -0.810. The largest absolute Gasteiger partial charge is 0.342 e. The Bertz CT molecular complexity index is 337. The zero-order valence-corrected chi connectivity index (χ0v) is 13.3. The van der Waals surface area contributed by atoms with E-state index in [1.165, 1.54) is 70.9 Å². The molecule has 120 valence electrons. The molecule has 5 nitrogen and oxygen atoms in total. The van der Waals surface area contributed by atoms with Gasteiger partial charge >= 0.3 is 0 Å². The molecule has 2 saturated heterocycles. The fourth-order valence-corrected chi connectivity index (χ4v) is 4.14. The summed E-state index contributed by atoms with van der Waals surface area (Å²) in [5.41, 5.74) is 2.86. The van der Waals surface area contributed by atoms with Crippen molar-refractivity contribution in [1.29, 1.82) is 0 Å². The molecule has 0 atom stereocenters. The quantitative estimate of drug-likeness (QED) is 0.352. The minimum atomic E-state index is 0.496. The molecule has 3 fully saturated rings. The number of nitrogens with zero attached hydrogens (tertiary/aromatic N) is 3. The summed E-state index contributed by atoms with van der Waals surface area (Å²) in [6.45, 7) is 4.81. The molecule has 0 spiro atoms. The van der Waals surface area contributed by atoms with E-state index in [0.717, 1.165) is 25.1 Å². The summed E-state index contributed by atoms with van der Waals surface area (Å²) in [4.78, 5) is 9.92. The summed E-state index contributed by atoms with van der Waals surface area (Å²) >= 11 is 0. The molecule has 0 bridgehead atoms. The third kappa shape index (κ3) is 3.89. The zero-order chi connectivity index (χ0) is 14.5. The maximum absolute atomic E-state index is 5.73. The molecule has 0 aromatic carbocycles. The van der Waals surface area contributed by atoms with Crippen LogP contribution >= 0.6 is 0 Å². The molecule has 0 aromatic rings. The van der Waals surface area contributed by atoms with Crippen LogP contribution < -0.4 is 11.3 Å². The molecular weight excluding hydrogens is 262 g/mol. The zero-order valence-electron chi connectivity index (χ0n) is 13.3. The van der Waals surface area contributed by atoms with Gasteiger partial charge in [0, 0.05) is 19.1 Å². The van der Waals surface area contributed by atoms with E-state index >= 15 is 0 Å². The molecule has 3 rings (SSSR count). The van der Waals surface area contributed by atoms with E-state index in [1.54, 1.807) is 0 Å². The van der Waals surface area contributed by atoms with Crippen molar-refractivity contribution in [2.75, 3.05) is 26.2 Å². The Morgan fingerprint density at radius 3 is 2.14 bits per heavy atom. The first-order valence-corrected chi connectivity index (χ1v) is 8.90. The lowest BCUT2D eigenvalue weighted by Crippen LogP contribution is -2.52. The standard InChI is InChI=1S/C16H31N5/c17-19-16(18-14-6-2-3-7-14)21-12-8-15(9-13-21)20-10-4-1-5-11-20/h14-15H,1-13,17H2,(H,18,19). The molecule has 1 aliphatic carbocycles. The Balaban J connectivity index is 1.51. The second kappa shape index (κ2) is 7.45. The van der Waals surface area contributed by atoms with Crippen LogP contribution in [0.4, 0.5) is 0 Å². The average molecular weight is 293 g/mol. The van der Waals surface area contributed by atoms with Crippen molar-refractivity contribution < 1.29 is 0 Å². The molecule has 0 amide bonds. The summed E-state index contributed by atoms with van der Waals surface area (Å²) in [6, 6.07) is 1.28. The summed E-state index contributed by atoms with van der Waals surface area (Å²) in [6.07, 6.45) is 11.8. The molecule has 3 aliphatic rings. The van der Waals surface area contributed by atoms with E-state index in [4.69, 9.17) is 10.8 Å². The van der Waals surface area contributed by atoms with E-state index in [2.05, 4.69) is 15.2 Å². The highest BCUT2D eigenvalue weighted by molar-refractivity contribution is 5.79. The third-order valence-electron chi connectivity index (χ3n) is 5.43. The van der Waals surface area contributed by atoms with Crippen molar-refractivity contribution in [3.8, 4) is 0 Å². The van der Waals surface area contributed by atoms with Gasteiger partial charge in [0.2, 0.25) is 5.96 Å². The Labute approximate surface area is 128 Å². The number of nitrogens with two attached hydrogens (primary N) is 1. The fraction of sp³-hybridized carbons (Fsp3) is 0.938. The topological polar surface area (TPSA) is 56.9 Å². The maximum atomic E-state index is 5.73. The smallest absolute Gasteiger partial charge is 0.208 e. The Morgan fingerprint density at radius 1 is 0.857 bits per heavy atom. The molecule has 0 aromatic heterocycles. The minimum absolute atomic E-state index is 0.496. The Kier molecular flexibility index (Phi) is 5.36. The van der Waals surface area contributed by atoms with Crippen molar-refractivity contribution >= 4 is 5.96 Å². The third-order valence-corrected chi connectivity index (χ3v) is 5.43. The van der Waals surface area contributed by atoms with Gasteiger partial charge in [-0.3, -0.25) is 5.43 Å². The van der Waals surface area contributed by atoms with E-state index in [-0.39, 0.29) is 0 Å². The molecule has 5 heteroatoms. The van der Waals surface area contributed by atoms with Crippen LogP contribution in [-0.4, -0.2) is 54.0 Å². The van der Waals surface area contributed by atoms with Crippen molar-refractivity contribution in [1.82, 2.24) is 15.2 Å². The van der Waals surface area contributed by atoms with Crippen molar-refractivity contribution in [3.05, 3.63) is 0 Å². The molecule has 21 heavy (non-hydrogen) atoms. The summed E-state index contributed by atoms with van der Waals surface area (Å²) in [5, 5.41) is 0. The second-order valence-electron chi connectivity index (χ2n) is 6.85. The monoisotopic (exact) mass is 293 g/mol. The Morgan fingerprint density at radius 2 is 1.52 bits per heavy atom. The van der Waals surface area contributed by atoms with Gasteiger partial charge in [-0.25, -0.2) is 10.8 Å². The summed E-state index contributed by atoms with van der Waals surface area (Å²) < 4.78 is 0. The van der Waals surface area contributed by atoms with Gasteiger partial charge in [0.15, 0.2) is 0 Å². The number of likely N-dealkylation sites (tertiary alicyclic amines) is 2. The molecule has 0 unspecified atom stereocenters.